The van der Waals surface area contributed by atoms with Crippen molar-refractivity contribution < 1.29 is 0 Å². The number of halogens is 2. The molecule has 12 heavy (non-hydrogen) atoms. The fourth-order valence-electron chi connectivity index (χ4n) is 1.05. The highest BCUT2D eigenvalue weighted by molar-refractivity contribution is 9.10. The van der Waals surface area contributed by atoms with Gasteiger partial charge in [0.15, 0.2) is 0 Å². The van der Waals surface area contributed by atoms with Crippen molar-refractivity contribution in [2.75, 3.05) is 0 Å². The molecule has 1 nitrogen and oxygen atoms in total. The Labute approximate surface area is 86.3 Å². The second-order valence-electron chi connectivity index (χ2n) is 3.20. The van der Waals surface area contributed by atoms with Crippen LogP contribution >= 0.6 is 27.5 Å². The van der Waals surface area contributed by atoms with Crippen LogP contribution in [0.15, 0.2) is 16.7 Å². The van der Waals surface area contributed by atoms with Crippen LogP contribution in [0.4, 0.5) is 0 Å². The molecule has 0 aromatic carbocycles. The summed E-state index contributed by atoms with van der Waals surface area (Å²) in [6.45, 7) is 4.36. The minimum absolute atomic E-state index is 0.564. The van der Waals surface area contributed by atoms with E-state index in [9.17, 15) is 0 Å². The van der Waals surface area contributed by atoms with Crippen molar-refractivity contribution in [1.82, 2.24) is 4.98 Å². The first-order valence-electron chi connectivity index (χ1n) is 3.89. The molecular weight excluding hydrogens is 237 g/mol. The number of hydrogen-bond donors (Lipinski definition) is 0. The first-order chi connectivity index (χ1) is 5.59. The quantitative estimate of drug-likeness (QED) is 0.727. The van der Waals surface area contributed by atoms with E-state index in [-0.39, 0.29) is 0 Å². The Morgan fingerprint density at radius 2 is 2.25 bits per heavy atom. The van der Waals surface area contributed by atoms with Gasteiger partial charge in [0.25, 0.3) is 0 Å². The summed E-state index contributed by atoms with van der Waals surface area (Å²) in [6, 6.07) is 1.91. The highest BCUT2D eigenvalue weighted by Crippen LogP contribution is 2.21. The molecule has 0 saturated heterocycles. The number of hydrogen-bond acceptors (Lipinski definition) is 1. The maximum Gasteiger partial charge on any atom is 0.129 e. The third-order valence-corrected chi connectivity index (χ3v) is 2.45. The van der Waals surface area contributed by atoms with E-state index in [1.54, 1.807) is 6.20 Å². The standard InChI is InChI=1S/C9H11BrClN/c1-6(2)3-7-4-9(11)12-5-8(7)10/h4-6H,3H2,1-2H3. The first-order valence-corrected chi connectivity index (χ1v) is 5.06. The van der Waals surface area contributed by atoms with E-state index in [0.717, 1.165) is 10.9 Å². The van der Waals surface area contributed by atoms with Crippen molar-refractivity contribution in [3.63, 3.8) is 0 Å². The number of aromatic nitrogens is 1. The summed E-state index contributed by atoms with van der Waals surface area (Å²) in [5.74, 6) is 0.639. The molecule has 0 fully saturated rings. The Balaban J connectivity index is 2.90. The molecule has 0 amide bonds. The van der Waals surface area contributed by atoms with Crippen LogP contribution in [0, 0.1) is 5.92 Å². The van der Waals surface area contributed by atoms with Crippen molar-refractivity contribution in [1.29, 1.82) is 0 Å². The molecule has 0 N–H and O–H groups in total. The zero-order valence-corrected chi connectivity index (χ0v) is 9.48. The van der Waals surface area contributed by atoms with Gasteiger partial charge in [-0.25, -0.2) is 4.98 Å². The Hall–Kier alpha value is -0.0800. The SMILES string of the molecule is CC(C)Cc1cc(Cl)ncc1Br. The van der Waals surface area contributed by atoms with Crippen LogP contribution in [-0.2, 0) is 6.42 Å². The van der Waals surface area contributed by atoms with Gasteiger partial charge in [0.05, 0.1) is 0 Å². The van der Waals surface area contributed by atoms with Crippen LogP contribution in [0.25, 0.3) is 0 Å². The summed E-state index contributed by atoms with van der Waals surface area (Å²) < 4.78 is 1.04. The van der Waals surface area contributed by atoms with Gasteiger partial charge in [-0.1, -0.05) is 25.4 Å². The van der Waals surface area contributed by atoms with Gasteiger partial charge in [-0.05, 0) is 39.9 Å². The zero-order chi connectivity index (χ0) is 9.14. The van der Waals surface area contributed by atoms with Gasteiger partial charge in [-0.15, -0.1) is 0 Å². The van der Waals surface area contributed by atoms with Crippen LogP contribution in [0.2, 0.25) is 5.15 Å². The van der Waals surface area contributed by atoms with Crippen LogP contribution in [-0.4, -0.2) is 4.98 Å². The summed E-state index contributed by atoms with van der Waals surface area (Å²) in [5, 5.41) is 0.564. The molecule has 0 bridgehead atoms. The fourth-order valence-corrected chi connectivity index (χ4v) is 1.61. The predicted molar refractivity (Wildman–Crippen MR) is 55.5 cm³/mol. The van der Waals surface area contributed by atoms with Gasteiger partial charge in [0.1, 0.15) is 5.15 Å². The Bertz CT molecular complexity index is 273. The number of nitrogens with zero attached hydrogens (tertiary/aromatic N) is 1. The summed E-state index contributed by atoms with van der Waals surface area (Å²) >= 11 is 9.21. The highest BCUT2D eigenvalue weighted by atomic mass is 79.9. The smallest absolute Gasteiger partial charge is 0.129 e. The summed E-state index contributed by atoms with van der Waals surface area (Å²) in [4.78, 5) is 3.97. The number of rotatable bonds is 2. The van der Waals surface area contributed by atoms with Crippen molar-refractivity contribution in [2.45, 2.75) is 20.3 Å². The molecule has 1 aromatic rings. The van der Waals surface area contributed by atoms with Crippen LogP contribution in [0.3, 0.4) is 0 Å². The minimum Gasteiger partial charge on any atom is -0.243 e. The molecule has 0 aliphatic rings. The molecule has 0 saturated carbocycles. The maximum atomic E-state index is 5.77. The summed E-state index contributed by atoms with van der Waals surface area (Å²) in [6.07, 6.45) is 2.78. The lowest BCUT2D eigenvalue weighted by molar-refractivity contribution is 0.645. The van der Waals surface area contributed by atoms with E-state index in [4.69, 9.17) is 11.6 Å². The molecule has 1 rings (SSSR count). The average molecular weight is 249 g/mol. The average Bonchev–Trinajstić information content (AvgIpc) is 1.96. The molecule has 0 spiro atoms. The van der Waals surface area contributed by atoms with Crippen molar-refractivity contribution in [3.05, 3.63) is 27.5 Å². The van der Waals surface area contributed by atoms with Crippen molar-refractivity contribution in [2.24, 2.45) is 5.92 Å². The zero-order valence-electron chi connectivity index (χ0n) is 7.14. The summed E-state index contributed by atoms with van der Waals surface area (Å²) in [5.41, 5.74) is 1.23. The molecule has 0 radical (unpaired) electrons. The molecule has 0 aliphatic heterocycles. The van der Waals surface area contributed by atoms with E-state index in [1.165, 1.54) is 5.56 Å². The van der Waals surface area contributed by atoms with Gasteiger partial charge in [-0.2, -0.15) is 0 Å². The van der Waals surface area contributed by atoms with Gasteiger partial charge in [0.2, 0.25) is 0 Å². The monoisotopic (exact) mass is 247 g/mol. The molecule has 66 valence electrons. The topological polar surface area (TPSA) is 12.9 Å². The molecule has 1 heterocycles. The van der Waals surface area contributed by atoms with E-state index in [1.807, 2.05) is 6.07 Å². The van der Waals surface area contributed by atoms with Gasteiger partial charge < -0.3 is 0 Å². The molecule has 1 aromatic heterocycles. The molecule has 0 atom stereocenters. The van der Waals surface area contributed by atoms with E-state index >= 15 is 0 Å². The van der Waals surface area contributed by atoms with Gasteiger partial charge >= 0.3 is 0 Å². The van der Waals surface area contributed by atoms with Crippen LogP contribution in [0.5, 0.6) is 0 Å². The summed E-state index contributed by atoms with van der Waals surface area (Å²) in [7, 11) is 0. The second-order valence-corrected chi connectivity index (χ2v) is 4.44. The second kappa shape index (κ2) is 4.24. The highest BCUT2D eigenvalue weighted by Gasteiger charge is 2.03. The van der Waals surface area contributed by atoms with Crippen LogP contribution < -0.4 is 0 Å². The molecular formula is C9H11BrClN. The van der Waals surface area contributed by atoms with Crippen LogP contribution in [0.1, 0.15) is 19.4 Å². The van der Waals surface area contributed by atoms with E-state index in [2.05, 4.69) is 34.8 Å². The fraction of sp³-hybridized carbons (Fsp3) is 0.444. The maximum absolute atomic E-state index is 5.77. The lowest BCUT2D eigenvalue weighted by Crippen LogP contribution is -1.95. The molecule has 3 heteroatoms. The number of pyridine rings is 1. The Morgan fingerprint density at radius 3 is 2.83 bits per heavy atom. The van der Waals surface area contributed by atoms with E-state index in [0.29, 0.717) is 11.1 Å². The minimum atomic E-state index is 0.564. The van der Waals surface area contributed by atoms with Gasteiger partial charge in [-0.3, -0.25) is 0 Å². The third kappa shape index (κ3) is 2.76. The van der Waals surface area contributed by atoms with Crippen molar-refractivity contribution in [3.8, 4) is 0 Å². The Kier molecular flexibility index (Phi) is 3.53. The normalized spacial score (nSPS) is 10.8. The first kappa shape index (κ1) is 10.0. The Morgan fingerprint density at radius 1 is 1.58 bits per heavy atom. The lowest BCUT2D eigenvalue weighted by atomic mass is 10.0. The molecule has 0 aliphatic carbocycles. The largest absolute Gasteiger partial charge is 0.243 e. The predicted octanol–water partition coefficient (Wildman–Crippen LogP) is 3.70. The third-order valence-electron chi connectivity index (χ3n) is 1.53. The molecule has 0 unspecified atom stereocenters. The van der Waals surface area contributed by atoms with Gasteiger partial charge in [0, 0.05) is 10.7 Å². The van der Waals surface area contributed by atoms with Crippen molar-refractivity contribution >= 4 is 27.5 Å². The van der Waals surface area contributed by atoms with E-state index < -0.39 is 0 Å². The lowest BCUT2D eigenvalue weighted by Gasteiger charge is -2.06.